The van der Waals surface area contributed by atoms with Crippen LogP contribution in [0.3, 0.4) is 0 Å². The number of benzene rings is 1. The number of anilines is 2. The minimum atomic E-state index is -0.0174. The highest BCUT2D eigenvalue weighted by molar-refractivity contribution is 7.10. The maximum atomic E-state index is 11.7. The maximum absolute atomic E-state index is 11.7. The van der Waals surface area contributed by atoms with Gasteiger partial charge in [-0.25, -0.2) is 4.79 Å². The van der Waals surface area contributed by atoms with E-state index in [1.807, 2.05) is 24.3 Å². The normalized spacial score (nSPS) is 14.4. The van der Waals surface area contributed by atoms with Crippen LogP contribution in [0.2, 0.25) is 0 Å². The van der Waals surface area contributed by atoms with Crippen molar-refractivity contribution in [1.29, 1.82) is 0 Å². The molecule has 1 aliphatic rings. The van der Waals surface area contributed by atoms with E-state index in [2.05, 4.69) is 29.0 Å². The van der Waals surface area contributed by atoms with Gasteiger partial charge in [-0.05, 0) is 42.1 Å². The highest BCUT2D eigenvalue weighted by Crippen LogP contribution is 2.22. The quantitative estimate of drug-likeness (QED) is 0.907. The summed E-state index contributed by atoms with van der Waals surface area (Å²) in [5, 5.41) is 8.34. The van der Waals surface area contributed by atoms with Gasteiger partial charge in [0.05, 0.1) is 0 Å². The lowest BCUT2D eigenvalue weighted by Gasteiger charge is -2.15. The monoisotopic (exact) mass is 287 g/mol. The van der Waals surface area contributed by atoms with Crippen molar-refractivity contribution in [3.63, 3.8) is 0 Å². The molecule has 0 aliphatic carbocycles. The molecular weight excluding hydrogens is 270 g/mol. The Bertz CT molecular complexity index is 623. The number of amides is 2. The van der Waals surface area contributed by atoms with Crippen LogP contribution in [0.5, 0.6) is 0 Å². The summed E-state index contributed by atoms with van der Waals surface area (Å²) < 4.78 is 0. The number of thiophene rings is 1. The second-order valence-electron chi connectivity index (χ2n) is 4.81. The van der Waals surface area contributed by atoms with Crippen LogP contribution in [0.15, 0.2) is 35.7 Å². The Hall–Kier alpha value is -2.01. The van der Waals surface area contributed by atoms with Crippen LogP contribution in [0.4, 0.5) is 16.2 Å². The van der Waals surface area contributed by atoms with Crippen molar-refractivity contribution in [3.05, 3.63) is 46.2 Å². The number of urea groups is 1. The summed E-state index contributed by atoms with van der Waals surface area (Å²) in [6, 6.07) is 10.1. The van der Waals surface area contributed by atoms with Crippen molar-refractivity contribution in [2.24, 2.45) is 0 Å². The first-order valence-electron chi connectivity index (χ1n) is 6.66. The molecule has 5 heteroatoms. The second kappa shape index (κ2) is 5.54. The Morgan fingerprint density at radius 2 is 2.30 bits per heavy atom. The zero-order valence-electron chi connectivity index (χ0n) is 11.3. The van der Waals surface area contributed by atoms with Gasteiger partial charge in [-0.1, -0.05) is 6.07 Å². The molecular formula is C15H17N3OS. The summed E-state index contributed by atoms with van der Waals surface area (Å²) in [4.78, 5) is 14.8. The molecule has 1 aromatic carbocycles. The van der Waals surface area contributed by atoms with Gasteiger partial charge >= 0.3 is 6.03 Å². The van der Waals surface area contributed by atoms with Gasteiger partial charge in [-0.2, -0.15) is 0 Å². The lowest BCUT2D eigenvalue weighted by Crippen LogP contribution is -2.27. The molecule has 1 saturated heterocycles. The maximum Gasteiger partial charge on any atom is 0.321 e. The van der Waals surface area contributed by atoms with Gasteiger partial charge in [0.1, 0.15) is 0 Å². The third-order valence-electron chi connectivity index (χ3n) is 3.44. The van der Waals surface area contributed by atoms with Crippen LogP contribution in [-0.4, -0.2) is 19.1 Å². The van der Waals surface area contributed by atoms with E-state index in [1.165, 1.54) is 10.4 Å². The van der Waals surface area contributed by atoms with Crippen molar-refractivity contribution in [3.8, 4) is 0 Å². The lowest BCUT2D eigenvalue weighted by molar-refractivity contribution is 0.252. The van der Waals surface area contributed by atoms with Gasteiger partial charge in [0.15, 0.2) is 0 Å². The predicted molar refractivity (Wildman–Crippen MR) is 83.6 cm³/mol. The summed E-state index contributed by atoms with van der Waals surface area (Å²) in [5.74, 6) is 0. The van der Waals surface area contributed by atoms with E-state index >= 15 is 0 Å². The summed E-state index contributed by atoms with van der Waals surface area (Å²) >= 11 is 1.76. The van der Waals surface area contributed by atoms with Crippen molar-refractivity contribution in [2.75, 3.05) is 23.3 Å². The van der Waals surface area contributed by atoms with E-state index < -0.39 is 0 Å². The first-order valence-corrected chi connectivity index (χ1v) is 7.54. The molecule has 2 N–H and O–H groups in total. The van der Waals surface area contributed by atoms with Crippen LogP contribution in [0, 0.1) is 6.92 Å². The lowest BCUT2D eigenvalue weighted by atomic mass is 10.2. The molecule has 1 aliphatic heterocycles. The molecule has 0 radical (unpaired) electrons. The Balaban J connectivity index is 1.71. The fourth-order valence-electron chi connectivity index (χ4n) is 2.27. The van der Waals surface area contributed by atoms with Gasteiger partial charge < -0.3 is 10.6 Å². The van der Waals surface area contributed by atoms with Crippen molar-refractivity contribution < 1.29 is 4.79 Å². The molecule has 2 amide bonds. The summed E-state index contributed by atoms with van der Waals surface area (Å²) in [6.07, 6.45) is 0. The number of hydrogen-bond acceptors (Lipinski definition) is 3. The summed E-state index contributed by atoms with van der Waals surface area (Å²) in [5.41, 5.74) is 3.29. The summed E-state index contributed by atoms with van der Waals surface area (Å²) in [6.45, 7) is 4.38. The Labute approximate surface area is 122 Å². The highest BCUT2D eigenvalue weighted by Gasteiger charge is 2.20. The van der Waals surface area contributed by atoms with Crippen LogP contribution in [0.1, 0.15) is 10.4 Å². The molecule has 4 nitrogen and oxygen atoms in total. The van der Waals surface area contributed by atoms with Crippen molar-refractivity contribution >= 4 is 28.7 Å². The molecule has 0 saturated carbocycles. The molecule has 0 spiro atoms. The van der Waals surface area contributed by atoms with Gasteiger partial charge in [-0.3, -0.25) is 4.90 Å². The first-order chi connectivity index (χ1) is 9.74. The molecule has 0 unspecified atom stereocenters. The van der Waals surface area contributed by atoms with Crippen molar-refractivity contribution in [1.82, 2.24) is 5.32 Å². The molecule has 1 fully saturated rings. The number of nitrogens with zero attached hydrogens (tertiary/aromatic N) is 1. The molecule has 1 aromatic heterocycles. The zero-order chi connectivity index (χ0) is 13.9. The highest BCUT2D eigenvalue weighted by atomic mass is 32.1. The Morgan fingerprint density at radius 1 is 1.40 bits per heavy atom. The van der Waals surface area contributed by atoms with Crippen LogP contribution >= 0.6 is 11.3 Å². The minimum Gasteiger partial charge on any atom is -0.380 e. The minimum absolute atomic E-state index is 0.0174. The standard InChI is InChI=1S/C15H17N3OS/c1-11-5-8-20-14(11)10-17-12-3-2-4-13(9-12)18-7-6-16-15(18)19/h2-5,8-9,17H,6-7,10H2,1H3,(H,16,19). The van der Waals surface area contributed by atoms with Gasteiger partial charge in [0.2, 0.25) is 0 Å². The molecule has 0 atom stereocenters. The number of rotatable bonds is 4. The van der Waals surface area contributed by atoms with Crippen LogP contribution in [0.25, 0.3) is 0 Å². The molecule has 2 heterocycles. The van der Waals surface area contributed by atoms with Crippen LogP contribution in [-0.2, 0) is 6.54 Å². The predicted octanol–water partition coefficient (Wildman–Crippen LogP) is 3.20. The third-order valence-corrected chi connectivity index (χ3v) is 4.46. The SMILES string of the molecule is Cc1ccsc1CNc1cccc(N2CCNC2=O)c1. The zero-order valence-corrected chi connectivity index (χ0v) is 12.2. The van der Waals surface area contributed by atoms with E-state index in [-0.39, 0.29) is 6.03 Å². The molecule has 3 rings (SSSR count). The average Bonchev–Trinajstić information content (AvgIpc) is 3.05. The van der Waals surface area contributed by atoms with E-state index in [1.54, 1.807) is 16.2 Å². The van der Waals surface area contributed by atoms with E-state index in [0.717, 1.165) is 24.5 Å². The molecule has 2 aromatic rings. The van der Waals surface area contributed by atoms with E-state index in [4.69, 9.17) is 0 Å². The first kappa shape index (κ1) is 13.0. The Morgan fingerprint density at radius 3 is 3.00 bits per heavy atom. The largest absolute Gasteiger partial charge is 0.380 e. The van der Waals surface area contributed by atoms with Gasteiger partial charge in [-0.15, -0.1) is 11.3 Å². The topological polar surface area (TPSA) is 44.4 Å². The number of aryl methyl sites for hydroxylation is 1. The average molecular weight is 287 g/mol. The number of hydrogen-bond donors (Lipinski definition) is 2. The van der Waals surface area contributed by atoms with Crippen LogP contribution < -0.4 is 15.5 Å². The van der Waals surface area contributed by atoms with Gasteiger partial charge in [0, 0.05) is 35.9 Å². The summed E-state index contributed by atoms with van der Waals surface area (Å²) in [7, 11) is 0. The number of nitrogens with one attached hydrogen (secondary N) is 2. The van der Waals surface area contributed by atoms with E-state index in [9.17, 15) is 4.79 Å². The van der Waals surface area contributed by atoms with E-state index in [0.29, 0.717) is 6.54 Å². The smallest absolute Gasteiger partial charge is 0.321 e. The van der Waals surface area contributed by atoms with Crippen molar-refractivity contribution in [2.45, 2.75) is 13.5 Å². The molecule has 104 valence electrons. The fourth-order valence-corrected chi connectivity index (χ4v) is 3.12. The second-order valence-corrected chi connectivity index (χ2v) is 5.81. The molecule has 20 heavy (non-hydrogen) atoms. The van der Waals surface area contributed by atoms with Gasteiger partial charge in [0.25, 0.3) is 0 Å². The molecule has 0 bridgehead atoms. The third kappa shape index (κ3) is 2.63. The fraction of sp³-hybridized carbons (Fsp3) is 0.267. The number of carbonyl (C=O) groups excluding carboxylic acids is 1. The number of carbonyl (C=O) groups is 1. The Kier molecular flexibility index (Phi) is 3.60.